The van der Waals surface area contributed by atoms with Crippen molar-refractivity contribution in [1.29, 1.82) is 0 Å². The van der Waals surface area contributed by atoms with Gasteiger partial charge < -0.3 is 14.5 Å². The minimum Gasteiger partial charge on any atom is -0.489 e. The Morgan fingerprint density at radius 3 is 2.69 bits per heavy atom. The number of aromatic nitrogens is 3. The average molecular weight is 514 g/mol. The quantitative estimate of drug-likeness (QED) is 0.486. The van der Waals surface area contributed by atoms with Crippen LogP contribution in [0.1, 0.15) is 66.1 Å². The molecule has 1 aliphatic heterocycles. The second-order valence-electron chi connectivity index (χ2n) is 9.64. The van der Waals surface area contributed by atoms with Crippen LogP contribution in [0.15, 0.2) is 18.2 Å². The molecular formula is C26H29ClFN5O3. The number of amides is 2. The number of benzene rings is 1. The summed E-state index contributed by atoms with van der Waals surface area (Å²) in [6.45, 7) is 8.71. The van der Waals surface area contributed by atoms with Gasteiger partial charge in [0.05, 0.1) is 40.8 Å². The third-order valence-corrected chi connectivity index (χ3v) is 7.64. The van der Waals surface area contributed by atoms with Crippen LogP contribution < -0.4 is 4.74 Å². The zero-order valence-electron chi connectivity index (χ0n) is 20.8. The number of carbonyl (C=O) groups excluding carboxylic acids is 2. The monoisotopic (exact) mass is 513 g/mol. The molecule has 3 aromatic rings. The summed E-state index contributed by atoms with van der Waals surface area (Å²) in [6, 6.07) is 4.11. The van der Waals surface area contributed by atoms with Gasteiger partial charge in [-0.25, -0.2) is 13.9 Å². The van der Waals surface area contributed by atoms with Crippen LogP contribution in [0.4, 0.5) is 4.39 Å². The second-order valence-corrected chi connectivity index (χ2v) is 10.0. The number of rotatable bonds is 6. The van der Waals surface area contributed by atoms with Crippen LogP contribution in [-0.4, -0.2) is 54.9 Å². The van der Waals surface area contributed by atoms with Gasteiger partial charge in [-0.2, -0.15) is 5.10 Å². The van der Waals surface area contributed by atoms with Crippen molar-refractivity contribution in [3.05, 3.63) is 57.2 Å². The molecule has 1 fully saturated rings. The van der Waals surface area contributed by atoms with E-state index in [2.05, 4.69) is 10.1 Å². The molecule has 0 saturated heterocycles. The highest BCUT2D eigenvalue weighted by Crippen LogP contribution is 2.34. The molecule has 0 radical (unpaired) electrons. The fraction of sp³-hybridized carbons (Fsp3) is 0.462. The molecule has 10 heteroatoms. The predicted molar refractivity (Wildman–Crippen MR) is 133 cm³/mol. The van der Waals surface area contributed by atoms with Crippen molar-refractivity contribution in [3.8, 4) is 5.75 Å². The Bertz CT molecular complexity index is 1370. The third-order valence-electron chi connectivity index (χ3n) is 7.09. The number of nitrogens with zero attached hydrogens (tertiary/aromatic N) is 5. The Balaban J connectivity index is 1.33. The van der Waals surface area contributed by atoms with Gasteiger partial charge in [-0.15, -0.1) is 0 Å². The van der Waals surface area contributed by atoms with Gasteiger partial charge >= 0.3 is 0 Å². The lowest BCUT2D eigenvalue weighted by molar-refractivity contribution is -0.135. The summed E-state index contributed by atoms with van der Waals surface area (Å²) in [5.41, 5.74) is 4.18. The smallest absolute Gasteiger partial charge is 0.258 e. The largest absolute Gasteiger partial charge is 0.489 e. The maximum atomic E-state index is 14.1. The molecule has 1 aromatic carbocycles. The summed E-state index contributed by atoms with van der Waals surface area (Å²) in [5.74, 6) is -0.452. The van der Waals surface area contributed by atoms with Crippen molar-refractivity contribution >= 4 is 29.1 Å². The molecule has 0 atom stereocenters. The van der Waals surface area contributed by atoms with Crippen LogP contribution in [0.25, 0.3) is 5.65 Å². The van der Waals surface area contributed by atoms with Crippen molar-refractivity contribution in [3.63, 3.8) is 0 Å². The highest BCUT2D eigenvalue weighted by molar-refractivity contribution is 6.31. The van der Waals surface area contributed by atoms with E-state index in [1.165, 1.54) is 18.2 Å². The molecule has 1 saturated carbocycles. The van der Waals surface area contributed by atoms with Gasteiger partial charge in [0.15, 0.2) is 5.65 Å². The zero-order chi connectivity index (χ0) is 25.7. The molecule has 0 spiro atoms. The van der Waals surface area contributed by atoms with E-state index in [9.17, 15) is 14.0 Å². The maximum Gasteiger partial charge on any atom is 0.258 e. The Kier molecular flexibility index (Phi) is 6.36. The standard InChI is InChI=1S/C26H29ClFN5O3/c1-5-8-32(16(4)34)18-10-19(11-18)36-23-9-17(28)6-7-20(23)26(35)31-12-21-22(13-31)30-33-15(3)24(27)14(2)29-25(21)33/h6-7,9,18-19H,5,8,10-13H2,1-4H3. The molecule has 36 heavy (non-hydrogen) atoms. The number of halogens is 2. The molecule has 2 aliphatic rings. The first-order valence-corrected chi connectivity index (χ1v) is 12.6. The lowest BCUT2D eigenvalue weighted by atomic mass is 9.87. The van der Waals surface area contributed by atoms with E-state index in [0.29, 0.717) is 54.4 Å². The van der Waals surface area contributed by atoms with E-state index in [1.54, 1.807) is 16.3 Å². The maximum absolute atomic E-state index is 14.1. The Morgan fingerprint density at radius 2 is 2.00 bits per heavy atom. The fourth-order valence-corrected chi connectivity index (χ4v) is 5.23. The first-order chi connectivity index (χ1) is 17.2. The summed E-state index contributed by atoms with van der Waals surface area (Å²) in [5, 5.41) is 5.21. The van der Waals surface area contributed by atoms with Crippen molar-refractivity contribution in [2.24, 2.45) is 0 Å². The van der Waals surface area contributed by atoms with E-state index in [0.717, 1.165) is 23.4 Å². The van der Waals surface area contributed by atoms with Crippen LogP contribution >= 0.6 is 11.6 Å². The van der Waals surface area contributed by atoms with E-state index in [1.807, 2.05) is 25.7 Å². The number of hydrogen-bond acceptors (Lipinski definition) is 5. The van der Waals surface area contributed by atoms with Crippen LogP contribution in [0, 0.1) is 19.7 Å². The molecule has 3 heterocycles. The van der Waals surface area contributed by atoms with Gasteiger partial charge in [0, 0.05) is 44.0 Å². The summed E-state index contributed by atoms with van der Waals surface area (Å²) < 4.78 is 21.9. The number of hydrogen-bond donors (Lipinski definition) is 0. The third kappa shape index (κ3) is 4.19. The zero-order valence-corrected chi connectivity index (χ0v) is 21.6. The highest BCUT2D eigenvalue weighted by Gasteiger charge is 2.37. The van der Waals surface area contributed by atoms with Gasteiger partial charge in [-0.05, 0) is 32.4 Å². The first-order valence-electron chi connectivity index (χ1n) is 12.2. The van der Waals surface area contributed by atoms with Gasteiger partial charge in [-0.3, -0.25) is 9.59 Å². The number of ether oxygens (including phenoxy) is 1. The second kappa shape index (κ2) is 9.35. The Hall–Kier alpha value is -3.20. The Labute approximate surface area is 214 Å². The molecular weight excluding hydrogens is 485 g/mol. The SMILES string of the molecule is CCCN(C(C)=O)C1CC(Oc2cc(F)ccc2C(=O)N2Cc3nn4c(C)c(Cl)c(C)nc4c3C2)C1. The van der Waals surface area contributed by atoms with Gasteiger partial charge in [0.2, 0.25) is 5.91 Å². The number of aryl methyl sites for hydroxylation is 2. The number of carbonyl (C=O) groups is 2. The van der Waals surface area contributed by atoms with E-state index in [-0.39, 0.29) is 29.7 Å². The molecule has 5 rings (SSSR count). The van der Waals surface area contributed by atoms with Crippen molar-refractivity contribution < 1.29 is 18.7 Å². The summed E-state index contributed by atoms with van der Waals surface area (Å²) in [7, 11) is 0. The van der Waals surface area contributed by atoms with Crippen LogP contribution in [-0.2, 0) is 17.9 Å². The van der Waals surface area contributed by atoms with E-state index in [4.69, 9.17) is 16.3 Å². The molecule has 1 aliphatic carbocycles. The summed E-state index contributed by atoms with van der Waals surface area (Å²) in [4.78, 5) is 33.6. The first kappa shape index (κ1) is 24.5. The minimum atomic E-state index is -0.469. The summed E-state index contributed by atoms with van der Waals surface area (Å²) >= 11 is 6.33. The molecule has 0 N–H and O–H groups in total. The lowest BCUT2D eigenvalue weighted by Crippen LogP contribution is -2.51. The van der Waals surface area contributed by atoms with Crippen LogP contribution in [0.3, 0.4) is 0 Å². The van der Waals surface area contributed by atoms with Gasteiger partial charge in [0.25, 0.3) is 5.91 Å². The summed E-state index contributed by atoms with van der Waals surface area (Å²) in [6.07, 6.45) is 2.02. The lowest BCUT2D eigenvalue weighted by Gasteiger charge is -2.42. The van der Waals surface area contributed by atoms with Crippen LogP contribution in [0.5, 0.6) is 5.75 Å². The molecule has 190 valence electrons. The van der Waals surface area contributed by atoms with Crippen LogP contribution in [0.2, 0.25) is 5.02 Å². The molecule has 2 aromatic heterocycles. The average Bonchev–Trinajstić information content (AvgIpc) is 3.37. The van der Waals surface area contributed by atoms with Crippen molar-refractivity contribution in [2.45, 2.75) is 72.2 Å². The van der Waals surface area contributed by atoms with Gasteiger partial charge in [-0.1, -0.05) is 18.5 Å². The fourth-order valence-electron chi connectivity index (χ4n) is 5.10. The van der Waals surface area contributed by atoms with E-state index >= 15 is 0 Å². The molecule has 0 bridgehead atoms. The Morgan fingerprint density at radius 1 is 1.25 bits per heavy atom. The van der Waals surface area contributed by atoms with E-state index < -0.39 is 5.82 Å². The highest BCUT2D eigenvalue weighted by atomic mass is 35.5. The molecule has 2 amide bonds. The van der Waals surface area contributed by atoms with Crippen molar-refractivity contribution in [1.82, 2.24) is 24.4 Å². The van der Waals surface area contributed by atoms with Crippen molar-refractivity contribution in [2.75, 3.05) is 6.54 Å². The minimum absolute atomic E-state index is 0.0452. The topological polar surface area (TPSA) is 80.0 Å². The van der Waals surface area contributed by atoms with Gasteiger partial charge in [0.1, 0.15) is 17.7 Å². The normalized spacial score (nSPS) is 18.8. The predicted octanol–water partition coefficient (Wildman–Crippen LogP) is 4.46. The number of fused-ring (bicyclic) bond motifs is 3. The molecule has 0 unspecified atom stereocenters. The molecule has 8 nitrogen and oxygen atoms in total.